The molecular formula is C18H19N3S. The van der Waals surface area contributed by atoms with Crippen LogP contribution in [0.25, 0.3) is 10.2 Å². The van der Waals surface area contributed by atoms with Crippen LogP contribution in [0.1, 0.15) is 17.0 Å². The van der Waals surface area contributed by atoms with Gasteiger partial charge in [0, 0.05) is 13.1 Å². The van der Waals surface area contributed by atoms with E-state index in [1.165, 1.54) is 10.3 Å². The van der Waals surface area contributed by atoms with Crippen molar-refractivity contribution < 1.29 is 0 Å². The summed E-state index contributed by atoms with van der Waals surface area (Å²) < 4.78 is 1.26. The van der Waals surface area contributed by atoms with Crippen molar-refractivity contribution in [2.45, 2.75) is 18.5 Å². The van der Waals surface area contributed by atoms with Gasteiger partial charge in [-0.25, -0.2) is 4.98 Å². The van der Waals surface area contributed by atoms with E-state index in [2.05, 4.69) is 59.2 Å². The minimum absolute atomic E-state index is 0.0269. The van der Waals surface area contributed by atoms with Crippen LogP contribution in [0.5, 0.6) is 0 Å². The van der Waals surface area contributed by atoms with Gasteiger partial charge in [0.25, 0.3) is 0 Å². The Morgan fingerprint density at radius 3 is 2.68 bits per heavy atom. The van der Waals surface area contributed by atoms with Crippen LogP contribution >= 0.6 is 11.3 Å². The molecule has 2 aromatic carbocycles. The van der Waals surface area contributed by atoms with E-state index in [9.17, 15) is 0 Å². The molecule has 0 bridgehead atoms. The Hall–Kier alpha value is -1.75. The van der Waals surface area contributed by atoms with Gasteiger partial charge in [-0.2, -0.15) is 0 Å². The molecule has 0 spiro atoms. The topological polar surface area (TPSA) is 37.0 Å². The van der Waals surface area contributed by atoms with Crippen LogP contribution < -0.4 is 10.6 Å². The lowest BCUT2D eigenvalue weighted by atomic mass is 9.89. The third-order valence-corrected chi connectivity index (χ3v) is 5.43. The van der Waals surface area contributed by atoms with E-state index in [-0.39, 0.29) is 5.54 Å². The van der Waals surface area contributed by atoms with Gasteiger partial charge < -0.3 is 5.32 Å². The van der Waals surface area contributed by atoms with Crippen molar-refractivity contribution in [3.8, 4) is 0 Å². The molecule has 1 aromatic heterocycles. The Morgan fingerprint density at radius 1 is 1.09 bits per heavy atom. The minimum atomic E-state index is 0.0269. The van der Waals surface area contributed by atoms with Crippen LogP contribution in [0.4, 0.5) is 0 Å². The van der Waals surface area contributed by atoms with Crippen LogP contribution in [-0.4, -0.2) is 18.1 Å². The zero-order valence-corrected chi connectivity index (χ0v) is 13.2. The maximum atomic E-state index is 4.73. The molecule has 3 aromatic rings. The highest BCUT2D eigenvalue weighted by molar-refractivity contribution is 7.18. The summed E-state index contributed by atoms with van der Waals surface area (Å²) in [5, 5.41) is 8.42. The van der Waals surface area contributed by atoms with Crippen LogP contribution in [0, 0.1) is 0 Å². The first-order valence-corrected chi connectivity index (χ1v) is 8.53. The summed E-state index contributed by atoms with van der Waals surface area (Å²) in [4.78, 5) is 4.73. The number of rotatable bonds is 4. The Morgan fingerprint density at radius 2 is 1.91 bits per heavy atom. The van der Waals surface area contributed by atoms with Crippen LogP contribution in [0.15, 0.2) is 54.6 Å². The molecular weight excluding hydrogens is 290 g/mol. The Balaban J connectivity index is 1.58. The number of nitrogens with one attached hydrogen (secondary N) is 2. The normalized spacial score (nSPS) is 21.5. The lowest BCUT2D eigenvalue weighted by molar-refractivity contribution is 0.362. The summed E-state index contributed by atoms with van der Waals surface area (Å²) in [6, 6.07) is 19.1. The molecule has 0 saturated carbocycles. The third kappa shape index (κ3) is 2.54. The second-order valence-electron chi connectivity index (χ2n) is 5.80. The highest BCUT2D eigenvalue weighted by Crippen LogP contribution is 2.29. The first-order chi connectivity index (χ1) is 10.9. The number of aromatic nitrogens is 1. The molecule has 3 nitrogen and oxygen atoms in total. The molecule has 1 aliphatic rings. The summed E-state index contributed by atoms with van der Waals surface area (Å²) in [7, 11) is 0. The highest BCUT2D eigenvalue weighted by Gasteiger charge is 2.35. The van der Waals surface area contributed by atoms with Gasteiger partial charge in [0.15, 0.2) is 0 Å². The lowest BCUT2D eigenvalue weighted by Crippen LogP contribution is -2.43. The second kappa shape index (κ2) is 5.80. The lowest BCUT2D eigenvalue weighted by Gasteiger charge is -2.30. The monoisotopic (exact) mass is 309 g/mol. The molecule has 1 aliphatic heterocycles. The van der Waals surface area contributed by atoms with Gasteiger partial charge in [-0.15, -0.1) is 11.3 Å². The van der Waals surface area contributed by atoms with Gasteiger partial charge in [0.2, 0.25) is 0 Å². The molecule has 1 fully saturated rings. The van der Waals surface area contributed by atoms with E-state index in [1.807, 2.05) is 6.07 Å². The van der Waals surface area contributed by atoms with Crippen molar-refractivity contribution in [3.63, 3.8) is 0 Å². The Labute approximate surface area is 134 Å². The Bertz CT molecular complexity index is 727. The molecule has 22 heavy (non-hydrogen) atoms. The fraction of sp³-hybridized carbons (Fsp3) is 0.278. The van der Waals surface area contributed by atoms with Crippen molar-refractivity contribution in [2.75, 3.05) is 13.1 Å². The Kier molecular flexibility index (Phi) is 3.66. The summed E-state index contributed by atoms with van der Waals surface area (Å²) in [5.74, 6) is 0. The van der Waals surface area contributed by atoms with Crippen LogP contribution in [0.3, 0.4) is 0 Å². The number of hydrogen-bond donors (Lipinski definition) is 2. The van der Waals surface area contributed by atoms with Crippen molar-refractivity contribution >= 4 is 21.6 Å². The van der Waals surface area contributed by atoms with Gasteiger partial charge in [-0.3, -0.25) is 5.32 Å². The average molecular weight is 309 g/mol. The van der Waals surface area contributed by atoms with Gasteiger partial charge in [0.05, 0.1) is 15.8 Å². The number of nitrogens with zero attached hydrogens (tertiary/aromatic N) is 1. The van der Waals surface area contributed by atoms with Crippen molar-refractivity contribution in [2.24, 2.45) is 0 Å². The molecule has 0 radical (unpaired) electrons. The first kappa shape index (κ1) is 13.9. The number of hydrogen-bond acceptors (Lipinski definition) is 4. The SMILES string of the molecule is c1ccc(C2(NCc3nc4ccccc4s3)CCNC2)cc1. The highest BCUT2D eigenvalue weighted by atomic mass is 32.1. The van der Waals surface area contributed by atoms with E-state index >= 15 is 0 Å². The minimum Gasteiger partial charge on any atom is -0.314 e. The fourth-order valence-electron chi connectivity index (χ4n) is 3.19. The molecule has 4 rings (SSSR count). The van der Waals surface area contributed by atoms with E-state index in [4.69, 9.17) is 4.98 Å². The molecule has 0 aliphatic carbocycles. The van der Waals surface area contributed by atoms with Gasteiger partial charge in [-0.05, 0) is 30.7 Å². The summed E-state index contributed by atoms with van der Waals surface area (Å²) in [6.45, 7) is 2.85. The zero-order chi connectivity index (χ0) is 14.8. The maximum Gasteiger partial charge on any atom is 0.108 e. The summed E-state index contributed by atoms with van der Waals surface area (Å²) in [6.07, 6.45) is 1.11. The molecule has 2 heterocycles. The fourth-order valence-corrected chi connectivity index (χ4v) is 4.10. The van der Waals surface area contributed by atoms with Crippen molar-refractivity contribution in [3.05, 3.63) is 65.2 Å². The maximum absolute atomic E-state index is 4.73. The predicted octanol–water partition coefficient (Wildman–Crippen LogP) is 3.27. The van der Waals surface area contributed by atoms with Crippen LogP contribution in [0.2, 0.25) is 0 Å². The number of thiazole rings is 1. The number of para-hydroxylation sites is 1. The van der Waals surface area contributed by atoms with E-state index in [0.29, 0.717) is 0 Å². The smallest absolute Gasteiger partial charge is 0.108 e. The van der Waals surface area contributed by atoms with Gasteiger partial charge in [-0.1, -0.05) is 42.5 Å². The van der Waals surface area contributed by atoms with Gasteiger partial charge >= 0.3 is 0 Å². The predicted molar refractivity (Wildman–Crippen MR) is 92.1 cm³/mol. The van der Waals surface area contributed by atoms with Crippen LogP contribution in [-0.2, 0) is 12.1 Å². The summed E-state index contributed by atoms with van der Waals surface area (Å²) in [5.41, 5.74) is 2.49. The third-order valence-electron chi connectivity index (χ3n) is 4.40. The first-order valence-electron chi connectivity index (χ1n) is 7.71. The molecule has 1 saturated heterocycles. The number of fused-ring (bicyclic) bond motifs is 1. The van der Waals surface area contributed by atoms with Crippen molar-refractivity contribution in [1.82, 2.24) is 15.6 Å². The standard InChI is InChI=1S/C18H19N3S/c1-2-6-14(7-3-1)18(10-11-19-13-18)20-12-17-21-15-8-4-5-9-16(15)22-17/h1-9,19-20H,10-13H2. The zero-order valence-electron chi connectivity index (χ0n) is 12.4. The van der Waals surface area contributed by atoms with E-state index in [1.54, 1.807) is 11.3 Å². The van der Waals surface area contributed by atoms with Crippen molar-refractivity contribution in [1.29, 1.82) is 0 Å². The van der Waals surface area contributed by atoms with E-state index in [0.717, 1.165) is 36.6 Å². The van der Waals surface area contributed by atoms with E-state index < -0.39 is 0 Å². The largest absolute Gasteiger partial charge is 0.314 e. The molecule has 0 amide bonds. The quantitative estimate of drug-likeness (QED) is 0.776. The number of benzene rings is 2. The molecule has 112 valence electrons. The molecule has 1 unspecified atom stereocenters. The molecule has 1 atom stereocenters. The van der Waals surface area contributed by atoms with Gasteiger partial charge in [0.1, 0.15) is 5.01 Å². The molecule has 2 N–H and O–H groups in total. The average Bonchev–Trinajstić information content (AvgIpc) is 3.21. The molecule has 4 heteroatoms. The summed E-state index contributed by atoms with van der Waals surface area (Å²) >= 11 is 1.78. The second-order valence-corrected chi connectivity index (χ2v) is 6.92.